The van der Waals surface area contributed by atoms with Crippen LogP contribution >= 0.6 is 15.9 Å². The molecule has 3 aliphatic rings. The minimum Gasteiger partial charge on any atom is -0.497 e. The van der Waals surface area contributed by atoms with Gasteiger partial charge >= 0.3 is 0 Å². The molecule has 0 saturated carbocycles. The lowest BCUT2D eigenvalue weighted by atomic mass is 9.63. The van der Waals surface area contributed by atoms with Crippen molar-refractivity contribution in [2.75, 3.05) is 17.3 Å². The molecule has 0 aliphatic carbocycles. The number of nitrogens with zero attached hydrogens (tertiary/aromatic N) is 1. The van der Waals surface area contributed by atoms with Crippen molar-refractivity contribution in [3.8, 4) is 5.75 Å². The molecule has 0 radical (unpaired) electrons. The first kappa shape index (κ1) is 25.5. The van der Waals surface area contributed by atoms with Crippen molar-refractivity contribution in [2.45, 2.75) is 17.5 Å². The van der Waals surface area contributed by atoms with E-state index in [-0.39, 0.29) is 17.5 Å². The van der Waals surface area contributed by atoms with Gasteiger partial charge in [0, 0.05) is 27.0 Å². The van der Waals surface area contributed by atoms with Gasteiger partial charge in [-0.1, -0.05) is 88.7 Å². The van der Waals surface area contributed by atoms with Crippen molar-refractivity contribution in [3.05, 3.63) is 130 Å². The zero-order chi connectivity index (χ0) is 28.3. The van der Waals surface area contributed by atoms with Crippen molar-refractivity contribution >= 4 is 50.9 Å². The molecule has 0 bridgehead atoms. The second-order valence-corrected chi connectivity index (χ2v) is 11.4. The first-order valence-electron chi connectivity index (χ1n) is 13.4. The van der Waals surface area contributed by atoms with Gasteiger partial charge in [-0.25, -0.2) is 0 Å². The number of carbonyl (C=O) groups is 3. The molecule has 6 nitrogen and oxygen atoms in total. The third-order valence-electron chi connectivity index (χ3n) is 8.56. The molecule has 1 amide bonds. The SMILES string of the molecule is COc1cccc(C(=O)[C@H]2[C@H]3C=Cc4ccccc4N3[C@@H](C(=O)c3ccc(Br)cc3)[C@@]23C(=O)Nc2ccccc23)c1. The van der Waals surface area contributed by atoms with Gasteiger partial charge in [-0.2, -0.15) is 0 Å². The lowest BCUT2D eigenvalue weighted by Crippen LogP contribution is -2.55. The van der Waals surface area contributed by atoms with Gasteiger partial charge in [-0.15, -0.1) is 0 Å². The molecular weight excluding hydrogens is 580 g/mol. The Labute approximate surface area is 245 Å². The smallest absolute Gasteiger partial charge is 0.238 e. The summed E-state index contributed by atoms with van der Waals surface area (Å²) in [5.74, 6) is -1.15. The van der Waals surface area contributed by atoms with Crippen LogP contribution in [0.5, 0.6) is 5.75 Å². The highest BCUT2D eigenvalue weighted by Crippen LogP contribution is 2.58. The Balaban J connectivity index is 1.53. The van der Waals surface area contributed by atoms with Crippen LogP contribution in [0.25, 0.3) is 6.08 Å². The molecule has 0 aromatic heterocycles. The van der Waals surface area contributed by atoms with Crippen molar-refractivity contribution in [3.63, 3.8) is 0 Å². The van der Waals surface area contributed by atoms with E-state index < -0.39 is 23.4 Å². The summed E-state index contributed by atoms with van der Waals surface area (Å²) in [5, 5.41) is 3.04. The zero-order valence-corrected chi connectivity index (χ0v) is 23.7. The van der Waals surface area contributed by atoms with Crippen LogP contribution in [-0.2, 0) is 10.2 Å². The van der Waals surface area contributed by atoms with Crippen molar-refractivity contribution in [1.29, 1.82) is 0 Å². The third kappa shape index (κ3) is 3.65. The monoisotopic (exact) mass is 604 g/mol. The van der Waals surface area contributed by atoms with Crippen LogP contribution in [0.15, 0.2) is 108 Å². The number of fused-ring (bicyclic) bond motifs is 5. The number of methoxy groups -OCH3 is 1. The first-order chi connectivity index (χ1) is 19.9. The molecule has 1 spiro atoms. The quantitative estimate of drug-likeness (QED) is 0.270. The van der Waals surface area contributed by atoms with Crippen molar-refractivity contribution < 1.29 is 19.1 Å². The van der Waals surface area contributed by atoms with Crippen LogP contribution in [0.4, 0.5) is 11.4 Å². The molecule has 1 fully saturated rings. The lowest BCUT2D eigenvalue weighted by Gasteiger charge is -2.37. The molecule has 4 aromatic carbocycles. The normalized spacial score (nSPS) is 23.5. The van der Waals surface area contributed by atoms with Crippen LogP contribution in [0.3, 0.4) is 0 Å². The predicted octanol–water partition coefficient (Wildman–Crippen LogP) is 6.31. The number of carbonyl (C=O) groups excluding carboxylic acids is 3. The van der Waals surface area contributed by atoms with E-state index in [1.54, 1.807) is 43.5 Å². The maximum absolute atomic E-state index is 14.8. The summed E-state index contributed by atoms with van der Waals surface area (Å²) in [6.45, 7) is 0. The number of amides is 1. The summed E-state index contributed by atoms with van der Waals surface area (Å²) in [6, 6.07) is 27.8. The van der Waals surface area contributed by atoms with Gasteiger partial charge in [0.2, 0.25) is 5.91 Å². The Bertz CT molecular complexity index is 1760. The van der Waals surface area contributed by atoms with E-state index in [0.717, 1.165) is 15.7 Å². The Morgan fingerprint density at radius 2 is 1.63 bits per heavy atom. The fourth-order valence-electron chi connectivity index (χ4n) is 6.86. The highest BCUT2D eigenvalue weighted by atomic mass is 79.9. The van der Waals surface area contributed by atoms with E-state index in [1.165, 1.54) is 0 Å². The maximum atomic E-state index is 14.8. The molecular formula is C34H25BrN2O4. The number of ketones is 2. The van der Waals surface area contributed by atoms with E-state index in [9.17, 15) is 14.4 Å². The molecule has 4 aromatic rings. The molecule has 41 heavy (non-hydrogen) atoms. The second-order valence-electron chi connectivity index (χ2n) is 10.5. The number of ether oxygens (including phenoxy) is 1. The molecule has 7 rings (SSSR count). The molecule has 7 heteroatoms. The fraction of sp³-hybridized carbons (Fsp3) is 0.147. The fourth-order valence-corrected chi connectivity index (χ4v) is 7.13. The van der Waals surface area contributed by atoms with E-state index in [0.29, 0.717) is 28.1 Å². The Hall–Kier alpha value is -4.49. The van der Waals surface area contributed by atoms with Gasteiger partial charge < -0.3 is 15.0 Å². The van der Waals surface area contributed by atoms with Gasteiger partial charge in [0.15, 0.2) is 11.6 Å². The summed E-state index contributed by atoms with van der Waals surface area (Å²) in [6.07, 6.45) is 3.96. The average molecular weight is 605 g/mol. The van der Waals surface area contributed by atoms with Gasteiger partial charge in [0.25, 0.3) is 0 Å². The third-order valence-corrected chi connectivity index (χ3v) is 9.09. The van der Waals surface area contributed by atoms with E-state index in [4.69, 9.17) is 4.74 Å². The molecule has 0 unspecified atom stereocenters. The lowest BCUT2D eigenvalue weighted by molar-refractivity contribution is -0.121. The predicted molar refractivity (Wildman–Crippen MR) is 162 cm³/mol. The van der Waals surface area contributed by atoms with Gasteiger partial charge in [0.1, 0.15) is 17.2 Å². The molecule has 1 saturated heterocycles. The molecule has 3 heterocycles. The summed E-state index contributed by atoms with van der Waals surface area (Å²) in [4.78, 5) is 46.0. The summed E-state index contributed by atoms with van der Waals surface area (Å²) in [7, 11) is 1.55. The second kappa shape index (κ2) is 9.56. The van der Waals surface area contributed by atoms with E-state index in [2.05, 4.69) is 21.2 Å². The summed E-state index contributed by atoms with van der Waals surface area (Å²) >= 11 is 3.46. The van der Waals surface area contributed by atoms with E-state index >= 15 is 0 Å². The van der Waals surface area contributed by atoms with Gasteiger partial charge in [-0.05, 0) is 47.5 Å². The number of nitrogens with one attached hydrogen (secondary N) is 1. The minimum atomic E-state index is -1.49. The van der Waals surface area contributed by atoms with Crippen LogP contribution in [0.1, 0.15) is 31.8 Å². The Morgan fingerprint density at radius 1 is 0.878 bits per heavy atom. The number of benzene rings is 4. The largest absolute Gasteiger partial charge is 0.497 e. The van der Waals surface area contributed by atoms with Crippen LogP contribution in [-0.4, -0.2) is 36.7 Å². The molecule has 202 valence electrons. The van der Waals surface area contributed by atoms with Crippen molar-refractivity contribution in [2.24, 2.45) is 5.92 Å². The number of anilines is 2. The average Bonchev–Trinajstić information content (AvgIpc) is 3.48. The van der Waals surface area contributed by atoms with E-state index in [1.807, 2.05) is 77.7 Å². The Kier molecular flexibility index (Phi) is 5.94. The van der Waals surface area contributed by atoms with Crippen LogP contribution < -0.4 is 15.0 Å². The maximum Gasteiger partial charge on any atom is 0.238 e. The van der Waals surface area contributed by atoms with Gasteiger partial charge in [-0.3, -0.25) is 14.4 Å². The number of para-hydroxylation sites is 2. The van der Waals surface area contributed by atoms with Crippen LogP contribution in [0.2, 0.25) is 0 Å². The van der Waals surface area contributed by atoms with Gasteiger partial charge in [0.05, 0.1) is 19.1 Å². The number of hydrogen-bond acceptors (Lipinski definition) is 5. The molecule has 1 N–H and O–H groups in total. The zero-order valence-electron chi connectivity index (χ0n) is 22.1. The van der Waals surface area contributed by atoms with Crippen molar-refractivity contribution in [1.82, 2.24) is 0 Å². The number of rotatable bonds is 5. The summed E-state index contributed by atoms with van der Waals surface area (Å²) in [5.41, 5.74) is 2.41. The highest BCUT2D eigenvalue weighted by Gasteiger charge is 2.70. The summed E-state index contributed by atoms with van der Waals surface area (Å²) < 4.78 is 6.27. The number of Topliss-reactive ketones (excluding diaryl/α,β-unsaturated/α-hetero) is 2. The molecule has 3 aliphatic heterocycles. The standard InChI is InChI=1S/C34H25BrN2O4/c1-41-24-9-6-8-22(19-24)30(38)29-28-18-15-20-7-2-5-12-27(20)37(28)32(31(39)21-13-16-23(35)17-14-21)34(29)25-10-3-4-11-26(25)36-33(34)40/h2-19,28-29,32H,1H3,(H,36,40)/t28-,29-,32+,34+/m1/s1. The topological polar surface area (TPSA) is 75.7 Å². The molecule has 4 atom stereocenters. The van der Waals surface area contributed by atoms with Crippen LogP contribution in [0, 0.1) is 5.92 Å². The highest BCUT2D eigenvalue weighted by molar-refractivity contribution is 9.10. The number of halogens is 1. The first-order valence-corrected chi connectivity index (χ1v) is 14.2. The number of hydrogen-bond donors (Lipinski definition) is 1. The Morgan fingerprint density at radius 3 is 2.44 bits per heavy atom. The minimum absolute atomic E-state index is 0.221.